The molecule has 0 aliphatic heterocycles. The Morgan fingerprint density at radius 1 is 1.00 bits per heavy atom. The summed E-state index contributed by atoms with van der Waals surface area (Å²) in [5.41, 5.74) is 3.64. The minimum absolute atomic E-state index is 0.0361. The van der Waals surface area contributed by atoms with E-state index in [1.807, 2.05) is 6.07 Å². The Hall–Kier alpha value is -3.13. The van der Waals surface area contributed by atoms with E-state index in [0.29, 0.717) is 28.9 Å². The molecule has 4 nitrogen and oxygen atoms in total. The summed E-state index contributed by atoms with van der Waals surface area (Å²) in [7, 11) is -3.27. The van der Waals surface area contributed by atoms with Crippen LogP contribution in [-0.4, -0.2) is 24.1 Å². The SMILES string of the molecule is CCS(=O)(=O)c1ccc(Cc2nc3c(C)c(-c4ccccc4C(F)(F)F)c(C)cc3[nH]2)cc1. The first-order chi connectivity index (χ1) is 15.5. The molecule has 0 amide bonds. The van der Waals surface area contributed by atoms with E-state index < -0.39 is 21.6 Å². The largest absolute Gasteiger partial charge is 0.417 e. The molecular formula is C25H23F3N2O2S. The predicted octanol–water partition coefficient (Wildman–Crippen LogP) is 6.25. The van der Waals surface area contributed by atoms with Gasteiger partial charge in [-0.2, -0.15) is 13.2 Å². The van der Waals surface area contributed by atoms with Crippen LogP contribution in [-0.2, 0) is 22.4 Å². The first-order valence-electron chi connectivity index (χ1n) is 10.5. The van der Waals surface area contributed by atoms with Crippen LogP contribution < -0.4 is 0 Å². The molecule has 4 rings (SSSR count). The summed E-state index contributed by atoms with van der Waals surface area (Å²) < 4.78 is 64.9. The van der Waals surface area contributed by atoms with Crippen molar-refractivity contribution in [1.29, 1.82) is 0 Å². The second kappa shape index (κ2) is 8.33. The fourth-order valence-corrected chi connectivity index (χ4v) is 5.04. The third kappa shape index (κ3) is 4.39. The molecule has 1 heterocycles. The summed E-state index contributed by atoms with van der Waals surface area (Å²) in [6.07, 6.45) is -4.02. The molecule has 3 aromatic carbocycles. The van der Waals surface area contributed by atoms with Crippen LogP contribution in [0.25, 0.3) is 22.2 Å². The Morgan fingerprint density at radius 3 is 2.30 bits per heavy atom. The van der Waals surface area contributed by atoms with Crippen molar-refractivity contribution in [2.24, 2.45) is 0 Å². The monoisotopic (exact) mass is 472 g/mol. The smallest absolute Gasteiger partial charge is 0.342 e. The van der Waals surface area contributed by atoms with Gasteiger partial charge in [0.15, 0.2) is 9.84 Å². The van der Waals surface area contributed by atoms with E-state index in [1.165, 1.54) is 12.1 Å². The van der Waals surface area contributed by atoms with Crippen LogP contribution in [0.2, 0.25) is 0 Å². The standard InChI is InChI=1S/C25H23F3N2O2S/c1-4-33(31,32)18-11-9-17(10-12-18)14-22-29-21-13-15(2)23(16(3)24(21)30-22)19-7-5-6-8-20(19)25(26,27)28/h5-13H,4,14H2,1-3H3,(H,29,30). The Labute approximate surface area is 190 Å². The molecule has 4 aromatic rings. The van der Waals surface area contributed by atoms with E-state index in [4.69, 9.17) is 0 Å². The molecule has 0 saturated heterocycles. The van der Waals surface area contributed by atoms with E-state index in [-0.39, 0.29) is 16.2 Å². The zero-order chi connectivity index (χ0) is 24.0. The Morgan fingerprint density at radius 2 is 1.67 bits per heavy atom. The van der Waals surface area contributed by atoms with Gasteiger partial charge in [0.2, 0.25) is 0 Å². The molecule has 0 atom stereocenters. The summed E-state index contributed by atoms with van der Waals surface area (Å²) in [6, 6.07) is 14.1. The molecule has 33 heavy (non-hydrogen) atoms. The van der Waals surface area contributed by atoms with E-state index in [9.17, 15) is 21.6 Å². The van der Waals surface area contributed by atoms with Gasteiger partial charge >= 0.3 is 6.18 Å². The van der Waals surface area contributed by atoms with Gasteiger partial charge in [-0.3, -0.25) is 0 Å². The molecule has 0 radical (unpaired) electrons. The number of hydrogen-bond acceptors (Lipinski definition) is 3. The van der Waals surface area contributed by atoms with Gasteiger partial charge in [0, 0.05) is 6.42 Å². The number of aryl methyl sites for hydroxylation is 2. The number of nitrogens with zero attached hydrogens (tertiary/aromatic N) is 1. The Bertz CT molecular complexity index is 1440. The van der Waals surface area contributed by atoms with E-state index in [1.54, 1.807) is 51.1 Å². The van der Waals surface area contributed by atoms with Gasteiger partial charge in [-0.15, -0.1) is 0 Å². The van der Waals surface area contributed by atoms with Crippen LogP contribution >= 0.6 is 0 Å². The van der Waals surface area contributed by atoms with Crippen LogP contribution in [0.1, 0.15) is 35.0 Å². The summed E-state index contributed by atoms with van der Waals surface area (Å²) in [5.74, 6) is 0.689. The highest BCUT2D eigenvalue weighted by atomic mass is 32.2. The zero-order valence-corrected chi connectivity index (χ0v) is 19.2. The van der Waals surface area contributed by atoms with Crippen molar-refractivity contribution in [3.63, 3.8) is 0 Å². The van der Waals surface area contributed by atoms with Gasteiger partial charge < -0.3 is 4.98 Å². The van der Waals surface area contributed by atoms with Crippen LogP contribution in [0, 0.1) is 13.8 Å². The predicted molar refractivity (Wildman–Crippen MR) is 123 cm³/mol. The number of benzene rings is 3. The maximum absolute atomic E-state index is 13.6. The molecule has 1 N–H and O–H groups in total. The fraction of sp³-hybridized carbons (Fsp3) is 0.240. The molecule has 0 unspecified atom stereocenters. The lowest BCUT2D eigenvalue weighted by Gasteiger charge is -2.17. The van der Waals surface area contributed by atoms with Gasteiger partial charge in [-0.05, 0) is 65.9 Å². The van der Waals surface area contributed by atoms with Crippen LogP contribution in [0.3, 0.4) is 0 Å². The number of rotatable bonds is 5. The van der Waals surface area contributed by atoms with E-state index in [0.717, 1.165) is 22.7 Å². The molecule has 0 fully saturated rings. The highest BCUT2D eigenvalue weighted by Crippen LogP contribution is 2.40. The van der Waals surface area contributed by atoms with Crippen LogP contribution in [0.5, 0.6) is 0 Å². The lowest BCUT2D eigenvalue weighted by atomic mass is 9.91. The quantitative estimate of drug-likeness (QED) is 0.373. The van der Waals surface area contributed by atoms with Crippen LogP contribution in [0.4, 0.5) is 13.2 Å². The molecule has 8 heteroatoms. The average molecular weight is 473 g/mol. The molecule has 0 aliphatic carbocycles. The van der Waals surface area contributed by atoms with Crippen molar-refractivity contribution >= 4 is 20.9 Å². The molecule has 172 valence electrons. The third-order valence-electron chi connectivity index (χ3n) is 5.80. The normalized spacial score (nSPS) is 12.4. The van der Waals surface area contributed by atoms with E-state index in [2.05, 4.69) is 9.97 Å². The summed E-state index contributed by atoms with van der Waals surface area (Å²) >= 11 is 0. The van der Waals surface area contributed by atoms with Crippen molar-refractivity contribution in [1.82, 2.24) is 9.97 Å². The second-order valence-electron chi connectivity index (χ2n) is 8.04. The number of nitrogens with one attached hydrogen (secondary N) is 1. The van der Waals surface area contributed by atoms with Crippen molar-refractivity contribution in [3.8, 4) is 11.1 Å². The number of aromatic nitrogens is 2. The number of imidazole rings is 1. The van der Waals surface area contributed by atoms with Crippen molar-refractivity contribution in [3.05, 3.63) is 82.7 Å². The molecule has 1 aromatic heterocycles. The summed E-state index contributed by atoms with van der Waals surface area (Å²) in [5, 5.41) is 0. The van der Waals surface area contributed by atoms with Gasteiger partial charge in [0.25, 0.3) is 0 Å². The summed E-state index contributed by atoms with van der Waals surface area (Å²) in [6.45, 7) is 5.18. The maximum atomic E-state index is 13.6. The number of sulfone groups is 1. The fourth-order valence-electron chi connectivity index (χ4n) is 4.15. The molecule has 0 saturated carbocycles. The topological polar surface area (TPSA) is 62.8 Å². The highest BCUT2D eigenvalue weighted by Gasteiger charge is 2.34. The van der Waals surface area contributed by atoms with Crippen molar-refractivity contribution < 1.29 is 21.6 Å². The highest BCUT2D eigenvalue weighted by molar-refractivity contribution is 7.91. The lowest BCUT2D eigenvalue weighted by Crippen LogP contribution is -2.08. The number of halogens is 3. The van der Waals surface area contributed by atoms with Gasteiger partial charge in [-0.25, -0.2) is 13.4 Å². The van der Waals surface area contributed by atoms with Gasteiger partial charge in [-0.1, -0.05) is 37.3 Å². The number of alkyl halides is 3. The molecule has 0 spiro atoms. The van der Waals surface area contributed by atoms with Crippen molar-refractivity contribution in [2.75, 3.05) is 5.75 Å². The number of aromatic amines is 1. The molecular weight excluding hydrogens is 449 g/mol. The average Bonchev–Trinajstić information content (AvgIpc) is 3.16. The molecule has 0 aliphatic rings. The minimum Gasteiger partial charge on any atom is -0.342 e. The number of fused-ring (bicyclic) bond motifs is 1. The molecule has 0 bridgehead atoms. The first-order valence-corrected chi connectivity index (χ1v) is 12.1. The second-order valence-corrected chi connectivity index (χ2v) is 10.3. The minimum atomic E-state index is -4.46. The summed E-state index contributed by atoms with van der Waals surface area (Å²) in [4.78, 5) is 8.19. The Kier molecular flexibility index (Phi) is 5.82. The lowest BCUT2D eigenvalue weighted by molar-refractivity contribution is -0.137. The third-order valence-corrected chi connectivity index (χ3v) is 7.55. The Balaban J connectivity index is 1.74. The first kappa shape index (κ1) is 23.0. The number of H-pyrrole nitrogens is 1. The van der Waals surface area contributed by atoms with E-state index >= 15 is 0 Å². The zero-order valence-electron chi connectivity index (χ0n) is 18.4. The maximum Gasteiger partial charge on any atom is 0.417 e. The van der Waals surface area contributed by atoms with Crippen LogP contribution in [0.15, 0.2) is 59.5 Å². The van der Waals surface area contributed by atoms with Gasteiger partial charge in [0.05, 0.1) is 27.2 Å². The van der Waals surface area contributed by atoms with Crippen molar-refractivity contribution in [2.45, 2.75) is 38.3 Å². The van der Waals surface area contributed by atoms with Gasteiger partial charge in [0.1, 0.15) is 5.82 Å². The number of hydrogen-bond donors (Lipinski definition) is 1.